The number of carbonyl (C=O) groups is 5. The molecule has 0 aromatic heterocycles. The van der Waals surface area contributed by atoms with E-state index in [-0.39, 0.29) is 12.8 Å². The summed E-state index contributed by atoms with van der Waals surface area (Å²) in [6.07, 6.45) is 1.12. The maximum absolute atomic E-state index is 13.0. The van der Waals surface area contributed by atoms with Gasteiger partial charge in [-0.2, -0.15) is 11.8 Å². The van der Waals surface area contributed by atoms with Crippen molar-refractivity contribution in [2.45, 2.75) is 43.4 Å². The van der Waals surface area contributed by atoms with E-state index in [1.165, 1.54) is 11.8 Å². The summed E-state index contributed by atoms with van der Waals surface area (Å²) in [5, 5.41) is 34.3. The second-order valence-corrected chi connectivity index (χ2v) is 8.37. The Bertz CT molecular complexity index is 854. The molecular weight excluding hydrogens is 468 g/mol. The van der Waals surface area contributed by atoms with Crippen LogP contribution in [0.2, 0.25) is 0 Å². The van der Waals surface area contributed by atoms with Gasteiger partial charge in [-0.25, -0.2) is 4.79 Å². The van der Waals surface area contributed by atoms with Crippen LogP contribution in [0.1, 0.15) is 18.4 Å². The van der Waals surface area contributed by atoms with E-state index >= 15 is 0 Å². The number of aliphatic hydroxyl groups excluding tert-OH is 1. The van der Waals surface area contributed by atoms with Crippen LogP contribution < -0.4 is 21.7 Å². The summed E-state index contributed by atoms with van der Waals surface area (Å²) < 4.78 is 0. The molecule has 1 rings (SSSR count). The summed E-state index contributed by atoms with van der Waals surface area (Å²) in [5.41, 5.74) is 6.24. The molecule has 4 unspecified atom stereocenters. The van der Waals surface area contributed by atoms with Crippen molar-refractivity contribution in [2.24, 2.45) is 5.73 Å². The Morgan fingerprint density at radius 1 is 0.912 bits per heavy atom. The number of benzene rings is 1. The van der Waals surface area contributed by atoms with Crippen LogP contribution in [0.4, 0.5) is 0 Å². The molecule has 12 nitrogen and oxygen atoms in total. The van der Waals surface area contributed by atoms with Crippen LogP contribution in [0, 0.1) is 0 Å². The number of carboxylic acids is 2. The molecule has 0 fully saturated rings. The number of hydrogen-bond acceptors (Lipinski definition) is 8. The number of carboxylic acid groups (broad SMARTS) is 2. The molecule has 1 aromatic carbocycles. The van der Waals surface area contributed by atoms with Gasteiger partial charge in [0, 0.05) is 6.42 Å². The second kappa shape index (κ2) is 14.9. The van der Waals surface area contributed by atoms with E-state index in [9.17, 15) is 29.1 Å². The third-order valence-corrected chi connectivity index (χ3v) is 5.33. The molecule has 0 heterocycles. The van der Waals surface area contributed by atoms with Gasteiger partial charge in [-0.15, -0.1) is 0 Å². The molecule has 34 heavy (non-hydrogen) atoms. The largest absolute Gasteiger partial charge is 0.481 e. The maximum Gasteiger partial charge on any atom is 0.326 e. The van der Waals surface area contributed by atoms with Crippen molar-refractivity contribution in [3.63, 3.8) is 0 Å². The van der Waals surface area contributed by atoms with Gasteiger partial charge < -0.3 is 37.0 Å². The third kappa shape index (κ3) is 10.2. The number of rotatable bonds is 15. The molecule has 0 aliphatic rings. The molecule has 0 radical (unpaired) electrons. The van der Waals surface area contributed by atoms with Crippen molar-refractivity contribution in [2.75, 3.05) is 18.6 Å². The summed E-state index contributed by atoms with van der Waals surface area (Å²) in [6, 6.07) is 3.47. The lowest BCUT2D eigenvalue weighted by atomic mass is 10.0. The van der Waals surface area contributed by atoms with Crippen LogP contribution in [-0.2, 0) is 30.4 Å². The standard InChI is InChI=1S/C21H30N4O8S/c1-34-8-7-14(19(30)25-16(21(32)33)10-17(27)28)23-20(31)15(24-18(29)13(22)11-26)9-12-5-3-2-4-6-12/h2-6,13-16,26H,7-11,22H2,1H3,(H,23,31)(H,24,29)(H,25,30)(H,27,28)(H,32,33). The zero-order chi connectivity index (χ0) is 25.7. The Labute approximate surface area is 200 Å². The average Bonchev–Trinajstić information content (AvgIpc) is 2.80. The zero-order valence-corrected chi connectivity index (χ0v) is 19.4. The smallest absolute Gasteiger partial charge is 0.326 e. The summed E-state index contributed by atoms with van der Waals surface area (Å²) in [4.78, 5) is 60.2. The fourth-order valence-corrected chi connectivity index (χ4v) is 3.32. The first-order chi connectivity index (χ1) is 16.1. The minimum absolute atomic E-state index is 0.0597. The lowest BCUT2D eigenvalue weighted by molar-refractivity contribution is -0.147. The second-order valence-electron chi connectivity index (χ2n) is 7.38. The topological polar surface area (TPSA) is 208 Å². The third-order valence-electron chi connectivity index (χ3n) is 4.69. The van der Waals surface area contributed by atoms with E-state index < -0.39 is 66.9 Å². The summed E-state index contributed by atoms with van der Waals surface area (Å²) >= 11 is 1.38. The van der Waals surface area contributed by atoms with Crippen molar-refractivity contribution in [1.82, 2.24) is 16.0 Å². The molecule has 0 saturated carbocycles. The van der Waals surface area contributed by atoms with Gasteiger partial charge in [-0.05, 0) is 24.0 Å². The zero-order valence-electron chi connectivity index (χ0n) is 18.6. The normalized spacial score (nSPS) is 14.2. The number of nitrogens with two attached hydrogens (primary N) is 1. The van der Waals surface area contributed by atoms with E-state index in [0.29, 0.717) is 11.3 Å². The van der Waals surface area contributed by atoms with Gasteiger partial charge in [0.15, 0.2) is 0 Å². The monoisotopic (exact) mass is 498 g/mol. The molecular formula is C21H30N4O8S. The first-order valence-corrected chi connectivity index (χ1v) is 11.7. The average molecular weight is 499 g/mol. The highest BCUT2D eigenvalue weighted by Crippen LogP contribution is 2.07. The number of aliphatic hydroxyl groups is 1. The van der Waals surface area contributed by atoms with E-state index in [2.05, 4.69) is 16.0 Å². The van der Waals surface area contributed by atoms with E-state index in [0.717, 1.165) is 0 Å². The molecule has 0 spiro atoms. The molecule has 3 amide bonds. The minimum Gasteiger partial charge on any atom is -0.481 e. The summed E-state index contributed by atoms with van der Waals surface area (Å²) in [6.45, 7) is -0.635. The van der Waals surface area contributed by atoms with Gasteiger partial charge >= 0.3 is 11.9 Å². The SMILES string of the molecule is CSCCC(NC(=O)C(Cc1ccccc1)NC(=O)C(N)CO)C(=O)NC(CC(=O)O)C(=O)O. The van der Waals surface area contributed by atoms with Gasteiger partial charge in [0.1, 0.15) is 24.2 Å². The molecule has 0 bridgehead atoms. The van der Waals surface area contributed by atoms with Crippen molar-refractivity contribution < 1.29 is 39.3 Å². The van der Waals surface area contributed by atoms with Crippen LogP contribution in [0.5, 0.6) is 0 Å². The first kappa shape index (κ1) is 28.9. The van der Waals surface area contributed by atoms with Gasteiger partial charge in [0.05, 0.1) is 13.0 Å². The molecule has 0 saturated heterocycles. The summed E-state index contributed by atoms with van der Waals surface area (Å²) in [7, 11) is 0. The van der Waals surface area contributed by atoms with Gasteiger partial charge in [0.2, 0.25) is 17.7 Å². The molecule has 8 N–H and O–H groups in total. The van der Waals surface area contributed by atoms with Crippen molar-refractivity contribution in [1.29, 1.82) is 0 Å². The Kier molecular flexibility index (Phi) is 12.6. The number of nitrogens with one attached hydrogen (secondary N) is 3. The van der Waals surface area contributed by atoms with Gasteiger partial charge in [-0.1, -0.05) is 30.3 Å². The Morgan fingerprint density at radius 2 is 1.47 bits per heavy atom. The van der Waals surface area contributed by atoms with Crippen LogP contribution in [0.3, 0.4) is 0 Å². The fraction of sp³-hybridized carbons (Fsp3) is 0.476. The Morgan fingerprint density at radius 3 is 2.00 bits per heavy atom. The highest BCUT2D eigenvalue weighted by molar-refractivity contribution is 7.98. The number of aliphatic carboxylic acids is 2. The summed E-state index contributed by atoms with van der Waals surface area (Å²) in [5.74, 6) is -4.88. The molecule has 188 valence electrons. The van der Waals surface area contributed by atoms with Gasteiger partial charge in [-0.3, -0.25) is 19.2 Å². The van der Waals surface area contributed by atoms with Crippen LogP contribution in [0.25, 0.3) is 0 Å². The minimum atomic E-state index is -1.68. The first-order valence-electron chi connectivity index (χ1n) is 10.3. The van der Waals surface area contributed by atoms with Crippen LogP contribution in [-0.4, -0.2) is 87.8 Å². The predicted octanol–water partition coefficient (Wildman–Crippen LogP) is -1.68. The molecule has 4 atom stereocenters. The number of thioether (sulfide) groups is 1. The number of carbonyl (C=O) groups excluding carboxylic acids is 3. The van der Waals surface area contributed by atoms with Crippen LogP contribution >= 0.6 is 11.8 Å². The van der Waals surface area contributed by atoms with E-state index in [1.54, 1.807) is 36.6 Å². The molecule has 0 aliphatic carbocycles. The number of amides is 3. The Balaban J connectivity index is 3.06. The quantitative estimate of drug-likeness (QED) is 0.146. The lowest BCUT2D eigenvalue weighted by Gasteiger charge is -2.25. The lowest BCUT2D eigenvalue weighted by Crippen LogP contribution is -2.58. The maximum atomic E-state index is 13.0. The highest BCUT2D eigenvalue weighted by Gasteiger charge is 2.31. The molecule has 13 heteroatoms. The van der Waals surface area contributed by atoms with E-state index in [1.807, 2.05) is 0 Å². The van der Waals surface area contributed by atoms with Gasteiger partial charge in [0.25, 0.3) is 0 Å². The van der Waals surface area contributed by atoms with Crippen molar-refractivity contribution in [3.05, 3.63) is 35.9 Å². The Hall–Kier alpha value is -3.16. The molecule has 0 aliphatic heterocycles. The van der Waals surface area contributed by atoms with Crippen molar-refractivity contribution in [3.8, 4) is 0 Å². The molecule has 1 aromatic rings. The van der Waals surface area contributed by atoms with Crippen molar-refractivity contribution >= 4 is 41.4 Å². The predicted molar refractivity (Wildman–Crippen MR) is 124 cm³/mol. The van der Waals surface area contributed by atoms with Crippen LogP contribution in [0.15, 0.2) is 30.3 Å². The fourth-order valence-electron chi connectivity index (χ4n) is 2.84. The number of hydrogen-bond donors (Lipinski definition) is 7. The highest BCUT2D eigenvalue weighted by atomic mass is 32.2. The van der Waals surface area contributed by atoms with E-state index in [4.69, 9.17) is 15.9 Å².